The molecule has 0 amide bonds. The van der Waals surface area contributed by atoms with Crippen LogP contribution in [0.1, 0.15) is 17.1 Å². The summed E-state index contributed by atoms with van der Waals surface area (Å²) in [5.74, 6) is 2.81. The lowest BCUT2D eigenvalue weighted by Gasteiger charge is -2.30. The van der Waals surface area contributed by atoms with Crippen molar-refractivity contribution in [3.05, 3.63) is 41.9 Å². The van der Waals surface area contributed by atoms with E-state index in [1.165, 1.54) is 5.56 Å². The molecule has 26 heavy (non-hydrogen) atoms. The molecular formula is C18H24N8. The lowest BCUT2D eigenvalue weighted by molar-refractivity contribution is 0.235. The minimum atomic E-state index is 0.748. The van der Waals surface area contributed by atoms with Gasteiger partial charge in [-0.15, -0.1) is 0 Å². The topological polar surface area (TPSA) is 67.9 Å². The number of anilines is 1. The second-order valence-corrected chi connectivity index (χ2v) is 7.01. The van der Waals surface area contributed by atoms with Gasteiger partial charge >= 0.3 is 0 Å². The van der Waals surface area contributed by atoms with E-state index in [0.717, 1.165) is 54.8 Å². The zero-order valence-electron chi connectivity index (χ0n) is 15.7. The van der Waals surface area contributed by atoms with Crippen molar-refractivity contribution in [2.45, 2.75) is 19.5 Å². The minimum absolute atomic E-state index is 0.748. The summed E-state index contributed by atoms with van der Waals surface area (Å²) in [5, 5.41) is 4.25. The molecule has 0 N–H and O–H groups in total. The number of aromatic nitrogens is 6. The van der Waals surface area contributed by atoms with Gasteiger partial charge in [-0.05, 0) is 0 Å². The Morgan fingerprint density at radius 2 is 2.04 bits per heavy atom. The molecular weight excluding hydrogens is 328 g/mol. The first-order valence-corrected chi connectivity index (χ1v) is 8.76. The van der Waals surface area contributed by atoms with Gasteiger partial charge in [-0.3, -0.25) is 9.58 Å². The van der Waals surface area contributed by atoms with Crippen LogP contribution in [0, 0.1) is 0 Å². The van der Waals surface area contributed by atoms with Crippen molar-refractivity contribution in [1.82, 2.24) is 34.2 Å². The molecule has 4 heterocycles. The smallest absolute Gasteiger partial charge is 0.164 e. The van der Waals surface area contributed by atoms with Gasteiger partial charge in [0.15, 0.2) is 5.82 Å². The summed E-state index contributed by atoms with van der Waals surface area (Å²) in [4.78, 5) is 18.6. The van der Waals surface area contributed by atoms with Gasteiger partial charge in [-0.2, -0.15) is 5.10 Å². The van der Waals surface area contributed by atoms with Crippen LogP contribution in [0.15, 0.2) is 24.8 Å². The average Bonchev–Trinajstić information content (AvgIpc) is 3.22. The van der Waals surface area contributed by atoms with Crippen molar-refractivity contribution >= 4 is 5.82 Å². The third-order valence-electron chi connectivity index (χ3n) is 4.79. The minimum Gasteiger partial charge on any atom is -0.362 e. The maximum Gasteiger partial charge on any atom is 0.164 e. The van der Waals surface area contributed by atoms with Crippen LogP contribution in [-0.4, -0.2) is 54.8 Å². The van der Waals surface area contributed by atoms with Gasteiger partial charge in [0.25, 0.3) is 0 Å². The van der Waals surface area contributed by atoms with E-state index in [-0.39, 0.29) is 0 Å². The first kappa shape index (κ1) is 16.7. The maximum atomic E-state index is 4.85. The Balaban J connectivity index is 1.66. The molecule has 0 atom stereocenters. The van der Waals surface area contributed by atoms with Crippen LogP contribution < -0.4 is 4.90 Å². The molecule has 0 fully saturated rings. The highest BCUT2D eigenvalue weighted by molar-refractivity contribution is 5.59. The first-order valence-electron chi connectivity index (χ1n) is 8.76. The Kier molecular flexibility index (Phi) is 4.20. The van der Waals surface area contributed by atoms with Gasteiger partial charge in [0.1, 0.15) is 11.6 Å². The molecule has 0 bridgehead atoms. The largest absolute Gasteiger partial charge is 0.362 e. The predicted molar refractivity (Wildman–Crippen MR) is 99.6 cm³/mol. The lowest BCUT2D eigenvalue weighted by Crippen LogP contribution is -2.33. The van der Waals surface area contributed by atoms with E-state index < -0.39 is 0 Å². The maximum absolute atomic E-state index is 4.85. The molecule has 0 aliphatic carbocycles. The molecule has 0 saturated carbocycles. The molecule has 8 nitrogen and oxygen atoms in total. The highest BCUT2D eigenvalue weighted by atomic mass is 15.2. The number of aryl methyl sites for hydroxylation is 2. The molecule has 0 radical (unpaired) electrons. The number of hydrogen-bond donors (Lipinski definition) is 0. The number of imidazole rings is 1. The fraction of sp³-hybridized carbons (Fsp3) is 0.444. The van der Waals surface area contributed by atoms with Crippen LogP contribution in [0.5, 0.6) is 0 Å². The van der Waals surface area contributed by atoms with E-state index in [1.54, 1.807) is 4.68 Å². The Bertz CT molecular complexity index is 923. The van der Waals surface area contributed by atoms with Gasteiger partial charge in [0.2, 0.25) is 0 Å². The van der Waals surface area contributed by atoms with Crippen LogP contribution in [0.3, 0.4) is 0 Å². The average molecular weight is 352 g/mol. The van der Waals surface area contributed by atoms with E-state index in [9.17, 15) is 0 Å². The Morgan fingerprint density at radius 3 is 2.69 bits per heavy atom. The van der Waals surface area contributed by atoms with Crippen LogP contribution in [-0.2, 0) is 33.6 Å². The van der Waals surface area contributed by atoms with Gasteiger partial charge < -0.3 is 9.47 Å². The molecule has 4 rings (SSSR count). The first-order chi connectivity index (χ1) is 12.5. The second-order valence-electron chi connectivity index (χ2n) is 7.01. The van der Waals surface area contributed by atoms with Gasteiger partial charge in [-0.1, -0.05) is 0 Å². The van der Waals surface area contributed by atoms with Gasteiger partial charge in [0.05, 0.1) is 24.0 Å². The third-order valence-corrected chi connectivity index (χ3v) is 4.79. The van der Waals surface area contributed by atoms with Crippen LogP contribution in [0.25, 0.3) is 11.4 Å². The summed E-state index contributed by atoms with van der Waals surface area (Å²) in [7, 11) is 8.01. The van der Waals surface area contributed by atoms with Crippen molar-refractivity contribution in [2.24, 2.45) is 14.1 Å². The summed E-state index contributed by atoms with van der Waals surface area (Å²) >= 11 is 0. The Morgan fingerprint density at radius 1 is 1.19 bits per heavy atom. The highest BCUT2D eigenvalue weighted by Crippen LogP contribution is 2.29. The van der Waals surface area contributed by atoms with E-state index in [1.807, 2.05) is 53.0 Å². The van der Waals surface area contributed by atoms with E-state index in [0.29, 0.717) is 0 Å². The predicted octanol–water partition coefficient (Wildman–Crippen LogP) is 1.23. The number of fused-ring (bicyclic) bond motifs is 1. The lowest BCUT2D eigenvalue weighted by atomic mass is 10.1. The number of nitrogens with zero attached hydrogens (tertiary/aromatic N) is 8. The van der Waals surface area contributed by atoms with E-state index >= 15 is 0 Å². The quantitative estimate of drug-likeness (QED) is 0.704. The molecule has 0 aromatic carbocycles. The van der Waals surface area contributed by atoms with E-state index in [4.69, 9.17) is 9.97 Å². The van der Waals surface area contributed by atoms with Crippen molar-refractivity contribution < 1.29 is 0 Å². The summed E-state index contributed by atoms with van der Waals surface area (Å²) in [6.07, 6.45) is 8.52. The summed E-state index contributed by atoms with van der Waals surface area (Å²) in [5.41, 5.74) is 3.30. The van der Waals surface area contributed by atoms with Crippen molar-refractivity contribution in [2.75, 3.05) is 25.5 Å². The van der Waals surface area contributed by atoms with E-state index in [2.05, 4.69) is 24.4 Å². The molecule has 136 valence electrons. The normalized spacial score (nSPS) is 14.5. The molecule has 8 heteroatoms. The third kappa shape index (κ3) is 3.08. The highest BCUT2D eigenvalue weighted by Gasteiger charge is 2.24. The monoisotopic (exact) mass is 352 g/mol. The van der Waals surface area contributed by atoms with Crippen molar-refractivity contribution in [3.8, 4) is 11.4 Å². The summed E-state index contributed by atoms with van der Waals surface area (Å²) < 4.78 is 3.85. The fourth-order valence-electron chi connectivity index (χ4n) is 3.37. The summed E-state index contributed by atoms with van der Waals surface area (Å²) in [6.45, 7) is 2.64. The van der Waals surface area contributed by atoms with Crippen LogP contribution >= 0.6 is 0 Å². The fourth-order valence-corrected chi connectivity index (χ4v) is 3.37. The summed E-state index contributed by atoms with van der Waals surface area (Å²) in [6, 6.07) is 0. The zero-order valence-corrected chi connectivity index (χ0v) is 15.7. The molecule has 3 aromatic heterocycles. The number of hydrogen-bond acceptors (Lipinski definition) is 6. The second kappa shape index (κ2) is 6.53. The zero-order chi connectivity index (χ0) is 18.3. The molecule has 0 saturated heterocycles. The van der Waals surface area contributed by atoms with Crippen LogP contribution in [0.2, 0.25) is 0 Å². The molecule has 0 unspecified atom stereocenters. The molecule has 3 aromatic rings. The Hall–Kier alpha value is -2.74. The van der Waals surface area contributed by atoms with Crippen molar-refractivity contribution in [3.63, 3.8) is 0 Å². The SMILES string of the molecule is CN(C)c1nc(-c2cnn(C)c2)nc2c1CN(Cc1nccn1C)CC2. The van der Waals surface area contributed by atoms with Crippen molar-refractivity contribution in [1.29, 1.82) is 0 Å². The Labute approximate surface area is 153 Å². The molecule has 0 spiro atoms. The van der Waals surface area contributed by atoms with Gasteiger partial charge in [0, 0.05) is 71.9 Å². The van der Waals surface area contributed by atoms with Crippen LogP contribution in [0.4, 0.5) is 5.82 Å². The standard InChI is InChI=1S/C18H24N8/c1-23(2)18-14-11-26(12-16-19-6-8-24(16)3)7-5-15(14)21-17(22-18)13-9-20-25(4)10-13/h6,8-10H,5,7,11-12H2,1-4H3. The molecule has 1 aliphatic rings. The molecule has 1 aliphatic heterocycles. The van der Waals surface area contributed by atoms with Gasteiger partial charge in [-0.25, -0.2) is 15.0 Å². The number of rotatable bonds is 4.